The summed E-state index contributed by atoms with van der Waals surface area (Å²) >= 11 is 1.64. The van der Waals surface area contributed by atoms with Crippen LogP contribution >= 0.6 is 11.3 Å². The molecule has 1 atom stereocenters. The van der Waals surface area contributed by atoms with Gasteiger partial charge in [0.05, 0.1) is 4.88 Å². The van der Waals surface area contributed by atoms with Gasteiger partial charge in [0, 0.05) is 24.5 Å². The van der Waals surface area contributed by atoms with Crippen molar-refractivity contribution in [1.29, 1.82) is 0 Å². The van der Waals surface area contributed by atoms with E-state index < -0.39 is 0 Å². The Bertz CT molecular complexity index is 408. The van der Waals surface area contributed by atoms with Crippen LogP contribution in [0, 0.1) is 6.92 Å². The zero-order valence-corrected chi connectivity index (χ0v) is 11.6. The number of carbonyl (C=O) groups excluding carboxylic acids is 1. The van der Waals surface area contributed by atoms with E-state index in [-0.39, 0.29) is 5.91 Å². The minimum atomic E-state index is 0.173. The largest absolute Gasteiger partial charge is 0.337 e. The molecule has 2 rings (SSSR count). The van der Waals surface area contributed by atoms with Gasteiger partial charge in [0.25, 0.3) is 5.91 Å². The summed E-state index contributed by atoms with van der Waals surface area (Å²) in [5.41, 5.74) is 1.25. The maximum Gasteiger partial charge on any atom is 0.263 e. The highest BCUT2D eigenvalue weighted by Crippen LogP contribution is 2.24. The summed E-state index contributed by atoms with van der Waals surface area (Å²) in [5.74, 6) is 0.173. The molecule has 17 heavy (non-hydrogen) atoms. The molecule has 0 radical (unpaired) electrons. The Morgan fingerprint density at radius 2 is 2.41 bits per heavy atom. The third-order valence-electron chi connectivity index (χ3n) is 3.45. The number of likely N-dealkylation sites (N-methyl/N-ethyl adjacent to an activating group) is 1. The van der Waals surface area contributed by atoms with E-state index in [1.807, 2.05) is 18.0 Å². The molecule has 0 unspecified atom stereocenters. The molecule has 0 aliphatic carbocycles. The highest BCUT2D eigenvalue weighted by atomic mass is 32.1. The molecule has 0 aromatic carbocycles. The number of hydrogen-bond donors (Lipinski definition) is 1. The van der Waals surface area contributed by atoms with Gasteiger partial charge < -0.3 is 10.2 Å². The lowest BCUT2D eigenvalue weighted by Crippen LogP contribution is -2.37. The van der Waals surface area contributed by atoms with Gasteiger partial charge in [-0.25, -0.2) is 0 Å². The summed E-state index contributed by atoms with van der Waals surface area (Å²) in [5, 5.41) is 3.30. The van der Waals surface area contributed by atoms with Gasteiger partial charge in [-0.15, -0.1) is 11.3 Å². The van der Waals surface area contributed by atoms with Crippen LogP contribution in [0.15, 0.2) is 6.07 Å². The molecule has 1 aliphatic heterocycles. The van der Waals surface area contributed by atoms with Gasteiger partial charge in [-0.1, -0.05) is 6.92 Å². The van der Waals surface area contributed by atoms with Gasteiger partial charge >= 0.3 is 0 Å². The number of nitrogens with zero attached hydrogens (tertiary/aromatic N) is 1. The van der Waals surface area contributed by atoms with Crippen molar-refractivity contribution in [2.24, 2.45) is 0 Å². The van der Waals surface area contributed by atoms with Crippen LogP contribution in [0.5, 0.6) is 0 Å². The second kappa shape index (κ2) is 5.19. The Labute approximate surface area is 107 Å². The molecule has 1 fully saturated rings. The van der Waals surface area contributed by atoms with E-state index in [0.717, 1.165) is 30.8 Å². The summed E-state index contributed by atoms with van der Waals surface area (Å²) in [6, 6.07) is 2.39. The van der Waals surface area contributed by atoms with Gasteiger partial charge in [0.2, 0.25) is 0 Å². The first kappa shape index (κ1) is 12.6. The van der Waals surface area contributed by atoms with Crippen LogP contribution in [0.2, 0.25) is 0 Å². The highest BCUT2D eigenvalue weighted by Gasteiger charge is 2.25. The maximum absolute atomic E-state index is 12.3. The lowest BCUT2D eigenvalue weighted by Gasteiger charge is -2.23. The first-order chi connectivity index (χ1) is 8.13. The van der Waals surface area contributed by atoms with E-state index in [4.69, 9.17) is 0 Å². The molecule has 1 aromatic rings. The van der Waals surface area contributed by atoms with Crippen molar-refractivity contribution in [3.05, 3.63) is 21.4 Å². The fourth-order valence-corrected chi connectivity index (χ4v) is 3.38. The Morgan fingerprint density at radius 3 is 2.94 bits per heavy atom. The summed E-state index contributed by atoms with van der Waals surface area (Å²) in [6.45, 7) is 6.17. The molecule has 3 nitrogen and oxygen atoms in total. The smallest absolute Gasteiger partial charge is 0.263 e. The topological polar surface area (TPSA) is 32.3 Å². The van der Waals surface area contributed by atoms with Crippen LogP contribution in [0.4, 0.5) is 0 Å². The number of nitrogens with one attached hydrogen (secondary N) is 1. The lowest BCUT2D eigenvalue weighted by molar-refractivity contribution is 0.0748. The van der Waals surface area contributed by atoms with Gasteiger partial charge in [-0.3, -0.25) is 4.79 Å². The quantitative estimate of drug-likeness (QED) is 0.893. The molecule has 0 saturated carbocycles. The molecule has 1 aromatic heterocycles. The summed E-state index contributed by atoms with van der Waals surface area (Å²) in [4.78, 5) is 16.4. The van der Waals surface area contributed by atoms with Crippen LogP contribution in [0.1, 0.15) is 33.5 Å². The van der Waals surface area contributed by atoms with Crippen molar-refractivity contribution < 1.29 is 4.79 Å². The van der Waals surface area contributed by atoms with Gasteiger partial charge in [0.1, 0.15) is 0 Å². The number of hydrogen-bond acceptors (Lipinski definition) is 3. The van der Waals surface area contributed by atoms with Crippen molar-refractivity contribution in [3.8, 4) is 0 Å². The Morgan fingerprint density at radius 1 is 1.65 bits per heavy atom. The standard InChI is InChI=1S/C13H20N2OS/c1-4-11-9(2)7-12(17-11)13(16)15(3)10-5-6-14-8-10/h7,10,14H,4-6,8H2,1-3H3/t10-/m0/s1. The second-order valence-corrected chi connectivity index (χ2v) is 5.77. The monoisotopic (exact) mass is 252 g/mol. The van der Waals surface area contributed by atoms with Crippen LogP contribution < -0.4 is 5.32 Å². The van der Waals surface area contributed by atoms with Crippen LogP contribution in [0.3, 0.4) is 0 Å². The number of thiophene rings is 1. The van der Waals surface area contributed by atoms with Crippen molar-refractivity contribution in [3.63, 3.8) is 0 Å². The molecule has 1 amide bonds. The Kier molecular flexibility index (Phi) is 3.84. The number of amides is 1. The first-order valence-corrected chi connectivity index (χ1v) is 7.02. The molecule has 1 aliphatic rings. The molecular formula is C13H20N2OS. The van der Waals surface area contributed by atoms with E-state index in [0.29, 0.717) is 6.04 Å². The van der Waals surface area contributed by atoms with Crippen molar-refractivity contribution in [1.82, 2.24) is 10.2 Å². The molecule has 1 saturated heterocycles. The molecule has 0 spiro atoms. The lowest BCUT2D eigenvalue weighted by atomic mass is 10.2. The summed E-state index contributed by atoms with van der Waals surface area (Å²) in [7, 11) is 1.92. The van der Waals surface area contributed by atoms with E-state index in [1.54, 1.807) is 11.3 Å². The van der Waals surface area contributed by atoms with Crippen molar-refractivity contribution in [2.75, 3.05) is 20.1 Å². The highest BCUT2D eigenvalue weighted by molar-refractivity contribution is 7.14. The fourth-order valence-electron chi connectivity index (χ4n) is 2.29. The van der Waals surface area contributed by atoms with Crippen molar-refractivity contribution in [2.45, 2.75) is 32.7 Å². The molecule has 94 valence electrons. The predicted octanol–water partition coefficient (Wildman–Crippen LogP) is 2.05. The first-order valence-electron chi connectivity index (χ1n) is 6.20. The van der Waals surface area contributed by atoms with Gasteiger partial charge in [0.15, 0.2) is 0 Å². The molecule has 4 heteroatoms. The van der Waals surface area contributed by atoms with E-state index in [2.05, 4.69) is 19.2 Å². The minimum absolute atomic E-state index is 0.173. The van der Waals surface area contributed by atoms with E-state index >= 15 is 0 Å². The zero-order chi connectivity index (χ0) is 12.4. The summed E-state index contributed by atoms with van der Waals surface area (Å²) in [6.07, 6.45) is 2.08. The van der Waals surface area contributed by atoms with Crippen LogP contribution in [-0.4, -0.2) is 37.0 Å². The molecular weight excluding hydrogens is 232 g/mol. The average Bonchev–Trinajstić information content (AvgIpc) is 2.95. The van der Waals surface area contributed by atoms with Crippen LogP contribution in [0.25, 0.3) is 0 Å². The number of rotatable bonds is 3. The predicted molar refractivity (Wildman–Crippen MR) is 71.8 cm³/mol. The Balaban J connectivity index is 2.12. The molecule has 1 N–H and O–H groups in total. The maximum atomic E-state index is 12.3. The van der Waals surface area contributed by atoms with E-state index in [9.17, 15) is 4.79 Å². The summed E-state index contributed by atoms with van der Waals surface area (Å²) < 4.78 is 0. The average molecular weight is 252 g/mol. The number of carbonyl (C=O) groups is 1. The fraction of sp³-hybridized carbons (Fsp3) is 0.615. The normalized spacial score (nSPS) is 19.6. The SMILES string of the molecule is CCc1sc(C(=O)N(C)[C@H]2CCNC2)cc1C. The third kappa shape index (κ3) is 2.53. The molecule has 0 bridgehead atoms. The zero-order valence-electron chi connectivity index (χ0n) is 10.7. The number of aryl methyl sites for hydroxylation is 2. The van der Waals surface area contributed by atoms with Gasteiger partial charge in [-0.05, 0) is 37.9 Å². The minimum Gasteiger partial charge on any atom is -0.337 e. The van der Waals surface area contributed by atoms with Crippen molar-refractivity contribution >= 4 is 17.2 Å². The Hall–Kier alpha value is -0.870. The third-order valence-corrected chi connectivity index (χ3v) is 4.82. The van der Waals surface area contributed by atoms with Crippen LogP contribution in [-0.2, 0) is 6.42 Å². The van der Waals surface area contributed by atoms with Gasteiger partial charge in [-0.2, -0.15) is 0 Å². The van der Waals surface area contributed by atoms with E-state index in [1.165, 1.54) is 10.4 Å². The second-order valence-electron chi connectivity index (χ2n) is 4.63. The molecule has 2 heterocycles.